The first-order valence-electron chi connectivity index (χ1n) is 11.8. The highest BCUT2D eigenvalue weighted by Crippen LogP contribution is 2.42. The summed E-state index contributed by atoms with van der Waals surface area (Å²) in [5.41, 5.74) is 5.30. The molecule has 1 aliphatic rings. The first-order chi connectivity index (χ1) is 17.5. The second kappa shape index (κ2) is 9.91. The molecule has 0 spiro atoms. The van der Waals surface area contributed by atoms with Gasteiger partial charge in [0.05, 0.1) is 11.7 Å². The molecular formula is C28H26FN5OS. The number of nitrogens with zero attached hydrogens (tertiary/aromatic N) is 3. The lowest BCUT2D eigenvalue weighted by Crippen LogP contribution is -2.30. The third-order valence-corrected chi connectivity index (χ3v) is 6.68. The molecule has 2 atom stereocenters. The van der Waals surface area contributed by atoms with E-state index in [1.54, 1.807) is 18.3 Å². The molecule has 2 unspecified atom stereocenters. The van der Waals surface area contributed by atoms with E-state index in [-0.39, 0.29) is 23.8 Å². The number of benzene rings is 2. The number of anilines is 2. The zero-order chi connectivity index (χ0) is 25.2. The number of carbonyl (C=O) groups is 1. The summed E-state index contributed by atoms with van der Waals surface area (Å²) in [6.07, 6.45) is 4.15. The van der Waals surface area contributed by atoms with Crippen molar-refractivity contribution in [2.24, 2.45) is 0 Å². The highest BCUT2D eigenvalue weighted by molar-refractivity contribution is 7.80. The fourth-order valence-corrected chi connectivity index (χ4v) is 4.93. The number of hydrogen-bond acceptors (Lipinski definition) is 3. The van der Waals surface area contributed by atoms with Crippen molar-refractivity contribution >= 4 is 34.6 Å². The average molecular weight is 500 g/mol. The van der Waals surface area contributed by atoms with Crippen LogP contribution in [0.3, 0.4) is 0 Å². The van der Waals surface area contributed by atoms with Gasteiger partial charge in [0.1, 0.15) is 11.9 Å². The molecule has 0 aliphatic carbocycles. The molecule has 4 aromatic rings. The van der Waals surface area contributed by atoms with Gasteiger partial charge in [0.2, 0.25) is 5.91 Å². The number of halogens is 1. The van der Waals surface area contributed by atoms with Crippen LogP contribution in [0.4, 0.5) is 15.8 Å². The molecule has 0 saturated carbocycles. The molecular weight excluding hydrogens is 473 g/mol. The van der Waals surface area contributed by atoms with Gasteiger partial charge in [0, 0.05) is 41.6 Å². The Morgan fingerprint density at radius 1 is 1.08 bits per heavy atom. The summed E-state index contributed by atoms with van der Waals surface area (Å²) in [5, 5.41) is 7.00. The minimum Gasteiger partial charge on any atom is -0.351 e. The first-order valence-corrected chi connectivity index (χ1v) is 12.2. The van der Waals surface area contributed by atoms with Crippen molar-refractivity contribution in [2.45, 2.75) is 32.4 Å². The molecule has 1 fully saturated rings. The predicted molar refractivity (Wildman–Crippen MR) is 144 cm³/mol. The number of amides is 1. The maximum atomic E-state index is 13.6. The van der Waals surface area contributed by atoms with Crippen LogP contribution in [0.15, 0.2) is 85.2 Å². The Labute approximate surface area is 214 Å². The number of thiocarbonyl (C=S) groups is 1. The number of aromatic nitrogens is 2. The lowest BCUT2D eigenvalue weighted by Gasteiger charge is -2.29. The summed E-state index contributed by atoms with van der Waals surface area (Å²) in [6.45, 7) is 3.79. The molecule has 182 valence electrons. The summed E-state index contributed by atoms with van der Waals surface area (Å²) < 4.78 is 15.7. The van der Waals surface area contributed by atoms with Gasteiger partial charge in [0.25, 0.3) is 0 Å². The Balaban J connectivity index is 1.61. The summed E-state index contributed by atoms with van der Waals surface area (Å²) in [6, 6.07) is 21.7. The molecule has 36 heavy (non-hydrogen) atoms. The maximum absolute atomic E-state index is 13.6. The summed E-state index contributed by atoms with van der Waals surface area (Å²) in [5.74, 6) is -0.315. The van der Waals surface area contributed by atoms with Crippen molar-refractivity contribution in [3.63, 3.8) is 0 Å². The van der Waals surface area contributed by atoms with Gasteiger partial charge in [-0.2, -0.15) is 0 Å². The lowest BCUT2D eigenvalue weighted by molar-refractivity contribution is -0.115. The topological polar surface area (TPSA) is 62.2 Å². The van der Waals surface area contributed by atoms with E-state index in [0.717, 1.165) is 34.0 Å². The molecule has 2 N–H and O–H groups in total. The monoisotopic (exact) mass is 499 g/mol. The van der Waals surface area contributed by atoms with Gasteiger partial charge in [-0.3, -0.25) is 9.78 Å². The zero-order valence-corrected chi connectivity index (χ0v) is 20.8. The van der Waals surface area contributed by atoms with E-state index < -0.39 is 0 Å². The first kappa shape index (κ1) is 23.7. The van der Waals surface area contributed by atoms with E-state index in [9.17, 15) is 9.18 Å². The minimum absolute atomic E-state index is 0.0329. The van der Waals surface area contributed by atoms with Crippen molar-refractivity contribution in [1.29, 1.82) is 0 Å². The summed E-state index contributed by atoms with van der Waals surface area (Å²) >= 11 is 5.85. The van der Waals surface area contributed by atoms with Crippen LogP contribution < -0.4 is 15.5 Å². The molecule has 6 nitrogen and oxygen atoms in total. The fraction of sp³-hybridized carbons (Fsp3) is 0.179. The van der Waals surface area contributed by atoms with Crippen LogP contribution in [0.25, 0.3) is 5.69 Å². The van der Waals surface area contributed by atoms with Crippen molar-refractivity contribution in [3.05, 3.63) is 108 Å². The average Bonchev–Trinajstić information content (AvgIpc) is 3.50. The Morgan fingerprint density at radius 3 is 2.56 bits per heavy atom. The number of hydrogen-bond donors (Lipinski definition) is 2. The van der Waals surface area contributed by atoms with Gasteiger partial charge in [-0.05, 0) is 91.4 Å². The van der Waals surface area contributed by atoms with Crippen LogP contribution >= 0.6 is 12.2 Å². The molecule has 0 bridgehead atoms. The summed E-state index contributed by atoms with van der Waals surface area (Å²) in [7, 11) is 0. The number of aryl methyl sites for hydroxylation is 1. The number of pyridine rings is 1. The van der Waals surface area contributed by atoms with E-state index in [1.807, 2.05) is 67.1 Å². The van der Waals surface area contributed by atoms with Crippen molar-refractivity contribution in [2.75, 3.05) is 10.2 Å². The van der Waals surface area contributed by atoms with Crippen molar-refractivity contribution in [3.8, 4) is 5.69 Å². The van der Waals surface area contributed by atoms with Crippen molar-refractivity contribution in [1.82, 2.24) is 14.9 Å². The number of rotatable bonds is 6. The SMILES string of the molecule is CCC(=O)Nc1ccc(N2C(=S)NC(c3ccccn3)C2c2cccn2-c2ccc(F)cc2)cc1C. The van der Waals surface area contributed by atoms with Crippen LogP contribution in [0.1, 0.15) is 42.4 Å². The van der Waals surface area contributed by atoms with E-state index >= 15 is 0 Å². The van der Waals surface area contributed by atoms with Gasteiger partial charge in [-0.15, -0.1) is 0 Å². The van der Waals surface area contributed by atoms with E-state index in [0.29, 0.717) is 11.5 Å². The van der Waals surface area contributed by atoms with Crippen LogP contribution in [0, 0.1) is 12.7 Å². The fourth-order valence-electron chi connectivity index (χ4n) is 4.58. The molecule has 2 aromatic carbocycles. The smallest absolute Gasteiger partial charge is 0.224 e. The predicted octanol–water partition coefficient (Wildman–Crippen LogP) is 5.85. The van der Waals surface area contributed by atoms with Crippen molar-refractivity contribution < 1.29 is 9.18 Å². The van der Waals surface area contributed by atoms with E-state index in [4.69, 9.17) is 12.2 Å². The highest BCUT2D eigenvalue weighted by atomic mass is 32.1. The van der Waals surface area contributed by atoms with Gasteiger partial charge in [-0.25, -0.2) is 4.39 Å². The second-order valence-electron chi connectivity index (χ2n) is 8.68. The van der Waals surface area contributed by atoms with E-state index in [1.165, 1.54) is 12.1 Å². The summed E-state index contributed by atoms with van der Waals surface area (Å²) in [4.78, 5) is 18.6. The molecule has 1 aliphatic heterocycles. The van der Waals surface area contributed by atoms with E-state index in [2.05, 4.69) is 26.6 Å². The number of carbonyl (C=O) groups excluding carboxylic acids is 1. The van der Waals surface area contributed by atoms with Gasteiger partial charge in [0.15, 0.2) is 5.11 Å². The standard InChI is InChI=1S/C28H26FN5OS/c1-3-25(35)31-22-14-13-21(17-18(22)2)34-27(26(32-28(34)36)23-7-4-5-15-30-23)24-8-6-16-33(24)20-11-9-19(29)10-12-20/h4-17,26-27H,3H2,1-2H3,(H,31,35)(H,32,36). The molecule has 8 heteroatoms. The van der Waals surface area contributed by atoms with Gasteiger partial charge in [-0.1, -0.05) is 13.0 Å². The van der Waals surface area contributed by atoms with Crippen LogP contribution in [0.5, 0.6) is 0 Å². The highest BCUT2D eigenvalue weighted by Gasteiger charge is 2.42. The van der Waals surface area contributed by atoms with Crippen LogP contribution in [-0.4, -0.2) is 20.6 Å². The Bertz CT molecular complexity index is 1400. The van der Waals surface area contributed by atoms with Crippen LogP contribution in [0.2, 0.25) is 0 Å². The quantitative estimate of drug-likeness (QED) is 0.326. The molecule has 3 heterocycles. The maximum Gasteiger partial charge on any atom is 0.224 e. The molecule has 0 radical (unpaired) electrons. The second-order valence-corrected chi connectivity index (χ2v) is 9.06. The molecule has 1 amide bonds. The third-order valence-electron chi connectivity index (χ3n) is 6.37. The Hall–Kier alpha value is -4.04. The normalized spacial score (nSPS) is 17.2. The number of nitrogens with one attached hydrogen (secondary N) is 2. The van der Waals surface area contributed by atoms with Gasteiger partial charge >= 0.3 is 0 Å². The largest absolute Gasteiger partial charge is 0.351 e. The van der Waals surface area contributed by atoms with Crippen LogP contribution in [-0.2, 0) is 4.79 Å². The lowest BCUT2D eigenvalue weighted by atomic mass is 10.00. The zero-order valence-electron chi connectivity index (χ0n) is 20.0. The molecule has 5 rings (SSSR count). The Morgan fingerprint density at radius 2 is 1.86 bits per heavy atom. The minimum atomic E-state index is -0.283. The third kappa shape index (κ3) is 4.47. The Kier molecular flexibility index (Phi) is 6.52. The molecule has 1 saturated heterocycles. The molecule has 2 aromatic heterocycles. The van der Waals surface area contributed by atoms with Gasteiger partial charge < -0.3 is 20.1 Å².